The summed E-state index contributed by atoms with van der Waals surface area (Å²) >= 11 is 0. The van der Waals surface area contributed by atoms with Crippen LogP contribution in [0.3, 0.4) is 0 Å². The lowest BCUT2D eigenvalue weighted by Crippen LogP contribution is -2.32. The fraction of sp³-hybridized carbons (Fsp3) is 0.500. The second-order valence-corrected chi connectivity index (χ2v) is 5.90. The van der Waals surface area contributed by atoms with Crippen LogP contribution in [-0.4, -0.2) is 30.5 Å². The number of ether oxygens (including phenoxy) is 2. The Hall–Kier alpha value is -1.92. The molecule has 0 bridgehead atoms. The standard InChI is InChI=1S/C18H24FNO4/c1-13-10-16(24-17(11-13)23-9-3-2-8-21)18(22)20-12-14-4-6-15(19)7-5-14/h4-7,10,13,17,21H,2-3,8-9,11-12H2,1H3,(H,20,22)/t13-,17+/m0/s1. The van der Waals surface area contributed by atoms with E-state index in [1.54, 1.807) is 18.2 Å². The van der Waals surface area contributed by atoms with Crippen molar-refractivity contribution in [3.63, 3.8) is 0 Å². The number of halogens is 1. The molecule has 2 atom stereocenters. The third kappa shape index (κ3) is 5.94. The van der Waals surface area contributed by atoms with Gasteiger partial charge in [0.1, 0.15) is 5.82 Å². The maximum atomic E-state index is 12.9. The maximum Gasteiger partial charge on any atom is 0.286 e. The van der Waals surface area contributed by atoms with Crippen LogP contribution < -0.4 is 5.32 Å². The van der Waals surface area contributed by atoms with Crippen LogP contribution in [0.15, 0.2) is 36.1 Å². The number of aliphatic hydroxyl groups excluding tert-OH is 1. The van der Waals surface area contributed by atoms with Crippen molar-refractivity contribution in [1.29, 1.82) is 0 Å². The van der Waals surface area contributed by atoms with Gasteiger partial charge in [-0.25, -0.2) is 4.39 Å². The maximum absolute atomic E-state index is 12.9. The van der Waals surface area contributed by atoms with Crippen LogP contribution in [-0.2, 0) is 20.8 Å². The SMILES string of the molecule is C[C@H]1C=C(C(=O)NCc2ccc(F)cc2)O[C@@H](OCCCCO)C1. The van der Waals surface area contributed by atoms with Gasteiger partial charge >= 0.3 is 0 Å². The summed E-state index contributed by atoms with van der Waals surface area (Å²) in [6.45, 7) is 2.93. The van der Waals surface area contributed by atoms with Crippen molar-refractivity contribution in [2.24, 2.45) is 5.92 Å². The van der Waals surface area contributed by atoms with Crippen LogP contribution in [0.4, 0.5) is 4.39 Å². The van der Waals surface area contributed by atoms with Gasteiger partial charge < -0.3 is 19.9 Å². The highest BCUT2D eigenvalue weighted by Crippen LogP contribution is 2.23. The molecule has 2 rings (SSSR count). The molecule has 0 fully saturated rings. The molecule has 0 unspecified atom stereocenters. The predicted molar refractivity (Wildman–Crippen MR) is 87.3 cm³/mol. The molecular weight excluding hydrogens is 313 g/mol. The molecule has 1 aliphatic rings. The summed E-state index contributed by atoms with van der Waals surface area (Å²) in [5, 5.41) is 11.5. The van der Waals surface area contributed by atoms with Gasteiger partial charge in [0.15, 0.2) is 5.76 Å². The van der Waals surface area contributed by atoms with Gasteiger partial charge in [0.05, 0.1) is 6.61 Å². The number of aliphatic hydroxyl groups is 1. The highest BCUT2D eigenvalue weighted by atomic mass is 19.1. The summed E-state index contributed by atoms with van der Waals surface area (Å²) in [4.78, 5) is 12.2. The van der Waals surface area contributed by atoms with E-state index < -0.39 is 6.29 Å². The van der Waals surface area contributed by atoms with E-state index in [-0.39, 0.29) is 30.0 Å². The zero-order chi connectivity index (χ0) is 17.4. The number of benzene rings is 1. The molecule has 0 spiro atoms. The molecule has 0 aromatic heterocycles. The largest absolute Gasteiger partial charge is 0.459 e. The Labute approximate surface area is 141 Å². The van der Waals surface area contributed by atoms with Crippen molar-refractivity contribution in [3.8, 4) is 0 Å². The second kappa shape index (κ2) is 9.39. The molecule has 1 aromatic rings. The fourth-order valence-corrected chi connectivity index (χ4v) is 2.39. The van der Waals surface area contributed by atoms with Crippen LogP contribution in [0.1, 0.15) is 31.7 Å². The predicted octanol–water partition coefficient (Wildman–Crippen LogP) is 2.50. The molecular formula is C18H24FNO4. The van der Waals surface area contributed by atoms with Crippen molar-refractivity contribution in [2.75, 3.05) is 13.2 Å². The summed E-state index contributed by atoms with van der Waals surface area (Å²) in [6, 6.07) is 5.97. The Balaban J connectivity index is 1.82. The van der Waals surface area contributed by atoms with Crippen molar-refractivity contribution >= 4 is 5.91 Å². The molecule has 1 aromatic carbocycles. The molecule has 0 saturated heterocycles. The van der Waals surface area contributed by atoms with Crippen molar-refractivity contribution in [1.82, 2.24) is 5.32 Å². The van der Waals surface area contributed by atoms with Gasteiger partial charge in [0.2, 0.25) is 6.29 Å². The minimum atomic E-state index is -0.449. The number of carbonyl (C=O) groups excluding carboxylic acids is 1. The number of hydrogen-bond acceptors (Lipinski definition) is 4. The van der Waals surface area contributed by atoms with Gasteiger partial charge in [-0.3, -0.25) is 4.79 Å². The van der Waals surface area contributed by atoms with Crippen LogP contribution >= 0.6 is 0 Å². The monoisotopic (exact) mass is 337 g/mol. The average Bonchev–Trinajstić information content (AvgIpc) is 2.57. The number of amides is 1. The quantitative estimate of drug-likeness (QED) is 0.715. The fourth-order valence-electron chi connectivity index (χ4n) is 2.39. The van der Waals surface area contributed by atoms with Crippen molar-refractivity contribution in [2.45, 2.75) is 39.0 Å². The first kappa shape index (κ1) is 18.4. The van der Waals surface area contributed by atoms with E-state index in [1.165, 1.54) is 12.1 Å². The third-order valence-corrected chi connectivity index (χ3v) is 3.70. The van der Waals surface area contributed by atoms with Gasteiger partial charge in [-0.1, -0.05) is 19.1 Å². The third-order valence-electron chi connectivity index (χ3n) is 3.70. The minimum absolute atomic E-state index is 0.141. The zero-order valence-corrected chi connectivity index (χ0v) is 13.8. The molecule has 0 radical (unpaired) electrons. The van der Waals surface area contributed by atoms with Gasteiger partial charge in [0.25, 0.3) is 5.91 Å². The summed E-state index contributed by atoms with van der Waals surface area (Å²) in [6.07, 6.45) is 3.46. The van der Waals surface area contributed by atoms with E-state index in [1.807, 2.05) is 6.92 Å². The van der Waals surface area contributed by atoms with E-state index >= 15 is 0 Å². The molecule has 2 N–H and O–H groups in total. The first-order chi connectivity index (χ1) is 11.6. The van der Waals surface area contributed by atoms with Crippen LogP contribution in [0.25, 0.3) is 0 Å². The lowest BCUT2D eigenvalue weighted by atomic mass is 10.0. The molecule has 1 aliphatic heterocycles. The Morgan fingerprint density at radius 1 is 1.38 bits per heavy atom. The Morgan fingerprint density at radius 2 is 2.12 bits per heavy atom. The van der Waals surface area contributed by atoms with Gasteiger partial charge in [-0.05, 0) is 42.5 Å². The molecule has 0 aliphatic carbocycles. The minimum Gasteiger partial charge on any atom is -0.459 e. The van der Waals surface area contributed by atoms with Crippen molar-refractivity contribution < 1.29 is 23.8 Å². The normalized spacial score (nSPS) is 20.2. The van der Waals surface area contributed by atoms with Crippen LogP contribution in [0.5, 0.6) is 0 Å². The topological polar surface area (TPSA) is 67.8 Å². The number of hydrogen-bond donors (Lipinski definition) is 2. The molecule has 6 heteroatoms. The van der Waals surface area contributed by atoms with Gasteiger partial charge in [0, 0.05) is 19.6 Å². The van der Waals surface area contributed by atoms with Crippen LogP contribution in [0.2, 0.25) is 0 Å². The zero-order valence-electron chi connectivity index (χ0n) is 13.8. The van der Waals surface area contributed by atoms with E-state index in [4.69, 9.17) is 14.6 Å². The van der Waals surface area contributed by atoms with E-state index in [0.29, 0.717) is 26.0 Å². The summed E-state index contributed by atoms with van der Waals surface area (Å²) < 4.78 is 24.1. The lowest BCUT2D eigenvalue weighted by molar-refractivity contribution is -0.148. The molecule has 1 amide bonds. The summed E-state index contributed by atoms with van der Waals surface area (Å²) in [5.41, 5.74) is 0.811. The molecule has 5 nitrogen and oxygen atoms in total. The number of allylic oxidation sites excluding steroid dienone is 1. The number of unbranched alkanes of at least 4 members (excludes halogenated alkanes) is 1. The Kier molecular flexibility index (Phi) is 7.21. The number of nitrogens with one attached hydrogen (secondary N) is 1. The molecule has 132 valence electrons. The first-order valence-corrected chi connectivity index (χ1v) is 8.22. The Morgan fingerprint density at radius 3 is 2.83 bits per heavy atom. The molecule has 24 heavy (non-hydrogen) atoms. The average molecular weight is 337 g/mol. The summed E-state index contributed by atoms with van der Waals surface area (Å²) in [5.74, 6) is -0.190. The first-order valence-electron chi connectivity index (χ1n) is 8.22. The highest BCUT2D eigenvalue weighted by molar-refractivity contribution is 5.91. The van der Waals surface area contributed by atoms with Gasteiger partial charge in [-0.2, -0.15) is 0 Å². The number of rotatable bonds is 8. The van der Waals surface area contributed by atoms with E-state index in [9.17, 15) is 9.18 Å². The molecule has 0 saturated carbocycles. The lowest BCUT2D eigenvalue weighted by Gasteiger charge is -2.27. The van der Waals surface area contributed by atoms with Crippen LogP contribution in [0, 0.1) is 11.7 Å². The number of carbonyl (C=O) groups is 1. The smallest absolute Gasteiger partial charge is 0.286 e. The highest BCUT2D eigenvalue weighted by Gasteiger charge is 2.25. The van der Waals surface area contributed by atoms with Gasteiger partial charge in [-0.15, -0.1) is 0 Å². The Bertz CT molecular complexity index is 559. The van der Waals surface area contributed by atoms with Crippen molar-refractivity contribution in [3.05, 3.63) is 47.5 Å². The summed E-state index contributed by atoms with van der Waals surface area (Å²) in [7, 11) is 0. The van der Waals surface area contributed by atoms with E-state index in [2.05, 4.69) is 5.32 Å². The molecule has 1 heterocycles. The second-order valence-electron chi connectivity index (χ2n) is 5.90. The van der Waals surface area contributed by atoms with E-state index in [0.717, 1.165) is 12.0 Å².